The predicted molar refractivity (Wildman–Crippen MR) is 83.2 cm³/mol. The van der Waals surface area contributed by atoms with E-state index >= 15 is 0 Å². The number of nitrogens with zero attached hydrogens (tertiary/aromatic N) is 4. The van der Waals surface area contributed by atoms with E-state index in [1.54, 1.807) is 29.4 Å². The number of ether oxygens (including phenoxy) is 1. The molecular formula is C14H21N5O3S. The second-order valence-corrected chi connectivity index (χ2v) is 7.51. The van der Waals surface area contributed by atoms with Gasteiger partial charge < -0.3 is 9.30 Å². The zero-order valence-electron chi connectivity index (χ0n) is 13.4. The Bertz CT molecular complexity index is 776. The van der Waals surface area contributed by atoms with E-state index in [4.69, 9.17) is 4.74 Å². The van der Waals surface area contributed by atoms with Crippen molar-refractivity contribution in [1.29, 1.82) is 0 Å². The van der Waals surface area contributed by atoms with E-state index in [1.807, 2.05) is 13.2 Å². The third kappa shape index (κ3) is 3.31. The molecule has 0 amide bonds. The molecule has 1 N–H and O–H groups in total. The van der Waals surface area contributed by atoms with Crippen molar-refractivity contribution in [2.75, 3.05) is 6.61 Å². The molecule has 1 aliphatic heterocycles. The standard InChI is InChI=1S/C14H21N5O3S/c1-10-16-13(9-18(10)2)23(20,21)17-12-5-4-6-22-14(12)11-7-15-19(3)8-11/h7-9,12,14,17H,4-6H2,1-3H3/t12-,14+/m0/s1. The number of hydrogen-bond donors (Lipinski definition) is 1. The van der Waals surface area contributed by atoms with Crippen molar-refractivity contribution < 1.29 is 13.2 Å². The molecule has 0 aliphatic carbocycles. The summed E-state index contributed by atoms with van der Waals surface area (Å²) in [6.45, 7) is 2.38. The highest BCUT2D eigenvalue weighted by Gasteiger charge is 2.33. The Morgan fingerprint density at radius 3 is 2.74 bits per heavy atom. The monoisotopic (exact) mass is 339 g/mol. The van der Waals surface area contributed by atoms with Crippen molar-refractivity contribution in [3.05, 3.63) is 30.0 Å². The van der Waals surface area contributed by atoms with Gasteiger partial charge in [0.1, 0.15) is 11.9 Å². The van der Waals surface area contributed by atoms with Gasteiger partial charge in [0.2, 0.25) is 0 Å². The molecule has 0 aromatic carbocycles. The molecule has 1 saturated heterocycles. The Morgan fingerprint density at radius 1 is 1.35 bits per heavy atom. The quantitative estimate of drug-likeness (QED) is 0.884. The van der Waals surface area contributed by atoms with Crippen LogP contribution in [-0.4, -0.2) is 40.4 Å². The molecule has 0 radical (unpaired) electrons. The molecule has 2 aromatic rings. The summed E-state index contributed by atoms with van der Waals surface area (Å²) in [5.74, 6) is 0.647. The van der Waals surface area contributed by atoms with Gasteiger partial charge in [0, 0.05) is 38.7 Å². The molecule has 8 nitrogen and oxygen atoms in total. The Hall–Kier alpha value is -1.71. The van der Waals surface area contributed by atoms with Crippen LogP contribution in [-0.2, 0) is 28.9 Å². The lowest BCUT2D eigenvalue weighted by Crippen LogP contribution is -2.42. The van der Waals surface area contributed by atoms with Crippen LogP contribution in [0.4, 0.5) is 0 Å². The average Bonchev–Trinajstić information content (AvgIpc) is 3.06. The van der Waals surface area contributed by atoms with Crippen LogP contribution >= 0.6 is 0 Å². The maximum Gasteiger partial charge on any atom is 0.259 e. The number of aryl methyl sites for hydroxylation is 3. The van der Waals surface area contributed by atoms with Crippen LogP contribution < -0.4 is 4.72 Å². The summed E-state index contributed by atoms with van der Waals surface area (Å²) in [6.07, 6.45) is 6.26. The van der Waals surface area contributed by atoms with Crippen molar-refractivity contribution in [2.45, 2.75) is 36.9 Å². The van der Waals surface area contributed by atoms with E-state index in [2.05, 4.69) is 14.8 Å². The van der Waals surface area contributed by atoms with Crippen LogP contribution in [0.15, 0.2) is 23.6 Å². The van der Waals surface area contributed by atoms with Crippen molar-refractivity contribution in [3.63, 3.8) is 0 Å². The van der Waals surface area contributed by atoms with Crippen LogP contribution in [0, 0.1) is 6.92 Å². The Kier molecular flexibility index (Phi) is 4.26. The number of hydrogen-bond acceptors (Lipinski definition) is 5. The van der Waals surface area contributed by atoms with E-state index < -0.39 is 10.0 Å². The number of nitrogens with one attached hydrogen (secondary N) is 1. The molecule has 126 valence electrons. The minimum atomic E-state index is -3.68. The zero-order valence-corrected chi connectivity index (χ0v) is 14.2. The van der Waals surface area contributed by atoms with Crippen molar-refractivity contribution in [1.82, 2.24) is 24.1 Å². The molecular weight excluding hydrogens is 318 g/mol. The smallest absolute Gasteiger partial charge is 0.259 e. The van der Waals surface area contributed by atoms with Crippen LogP contribution in [0.1, 0.15) is 30.3 Å². The first-order valence-electron chi connectivity index (χ1n) is 7.49. The van der Waals surface area contributed by atoms with Crippen molar-refractivity contribution >= 4 is 10.0 Å². The summed E-state index contributed by atoms with van der Waals surface area (Å²) < 4.78 is 37.1. The second-order valence-electron chi connectivity index (χ2n) is 5.85. The number of sulfonamides is 1. The molecule has 3 rings (SSSR count). The van der Waals surface area contributed by atoms with Crippen LogP contribution in [0.5, 0.6) is 0 Å². The predicted octanol–water partition coefficient (Wildman–Crippen LogP) is 0.661. The molecule has 0 spiro atoms. The van der Waals surface area contributed by atoms with Gasteiger partial charge in [-0.3, -0.25) is 4.68 Å². The van der Waals surface area contributed by atoms with Gasteiger partial charge in [-0.25, -0.2) is 18.1 Å². The van der Waals surface area contributed by atoms with E-state index in [1.165, 1.54) is 6.20 Å². The second kappa shape index (κ2) is 6.06. The van der Waals surface area contributed by atoms with Gasteiger partial charge in [0.25, 0.3) is 10.0 Å². The van der Waals surface area contributed by atoms with E-state index in [0.29, 0.717) is 18.9 Å². The highest BCUT2D eigenvalue weighted by molar-refractivity contribution is 7.89. The summed E-state index contributed by atoms with van der Waals surface area (Å²) in [4.78, 5) is 4.10. The summed E-state index contributed by atoms with van der Waals surface area (Å²) in [6, 6.07) is -0.333. The molecule has 3 heterocycles. The normalized spacial score (nSPS) is 22.4. The van der Waals surface area contributed by atoms with E-state index in [0.717, 1.165) is 12.0 Å². The van der Waals surface area contributed by atoms with Crippen LogP contribution in [0.25, 0.3) is 0 Å². The molecule has 2 aromatic heterocycles. The molecule has 0 saturated carbocycles. The van der Waals surface area contributed by atoms with Crippen LogP contribution in [0.2, 0.25) is 0 Å². The van der Waals surface area contributed by atoms with Gasteiger partial charge in [-0.15, -0.1) is 0 Å². The largest absolute Gasteiger partial charge is 0.372 e. The number of rotatable bonds is 4. The molecule has 0 unspecified atom stereocenters. The SMILES string of the molecule is Cc1nc(S(=O)(=O)N[C@H]2CCCO[C@@H]2c2cnn(C)c2)cn1C. The van der Waals surface area contributed by atoms with Gasteiger partial charge >= 0.3 is 0 Å². The highest BCUT2D eigenvalue weighted by atomic mass is 32.2. The van der Waals surface area contributed by atoms with Gasteiger partial charge in [-0.2, -0.15) is 5.10 Å². The maximum atomic E-state index is 12.6. The Labute approximate surface area is 135 Å². The van der Waals surface area contributed by atoms with Crippen molar-refractivity contribution in [3.8, 4) is 0 Å². The third-order valence-electron chi connectivity index (χ3n) is 4.04. The lowest BCUT2D eigenvalue weighted by atomic mass is 9.99. The van der Waals surface area contributed by atoms with Gasteiger partial charge in [-0.05, 0) is 19.8 Å². The van der Waals surface area contributed by atoms with Crippen molar-refractivity contribution in [2.24, 2.45) is 14.1 Å². The zero-order chi connectivity index (χ0) is 16.6. The Balaban J connectivity index is 1.84. The van der Waals surface area contributed by atoms with Crippen LogP contribution in [0.3, 0.4) is 0 Å². The van der Waals surface area contributed by atoms with Gasteiger partial charge in [0.15, 0.2) is 5.03 Å². The summed E-state index contributed by atoms with van der Waals surface area (Å²) in [5.41, 5.74) is 0.872. The summed E-state index contributed by atoms with van der Waals surface area (Å²) >= 11 is 0. The third-order valence-corrected chi connectivity index (χ3v) is 5.40. The first kappa shape index (κ1) is 16.2. The topological polar surface area (TPSA) is 91.0 Å². The maximum absolute atomic E-state index is 12.6. The molecule has 9 heteroatoms. The number of aromatic nitrogens is 4. The minimum absolute atomic E-state index is 0.0352. The summed E-state index contributed by atoms with van der Waals surface area (Å²) in [5, 5.41) is 4.17. The van der Waals surface area contributed by atoms with E-state index in [-0.39, 0.29) is 17.2 Å². The first-order chi connectivity index (χ1) is 10.9. The highest BCUT2D eigenvalue weighted by Crippen LogP contribution is 2.29. The van der Waals surface area contributed by atoms with E-state index in [9.17, 15) is 8.42 Å². The summed E-state index contributed by atoms with van der Waals surface area (Å²) in [7, 11) is -0.0959. The minimum Gasteiger partial charge on any atom is -0.372 e. The molecule has 0 bridgehead atoms. The Morgan fingerprint density at radius 2 is 2.13 bits per heavy atom. The fourth-order valence-electron chi connectivity index (χ4n) is 2.73. The average molecular weight is 339 g/mol. The molecule has 2 atom stereocenters. The lowest BCUT2D eigenvalue weighted by molar-refractivity contribution is -0.00448. The van der Waals surface area contributed by atoms with Gasteiger partial charge in [0.05, 0.1) is 12.2 Å². The molecule has 1 aliphatic rings. The molecule has 23 heavy (non-hydrogen) atoms. The number of imidazole rings is 1. The fourth-order valence-corrected chi connectivity index (χ4v) is 4.04. The molecule has 1 fully saturated rings. The lowest BCUT2D eigenvalue weighted by Gasteiger charge is -2.31. The fraction of sp³-hybridized carbons (Fsp3) is 0.571. The van der Waals surface area contributed by atoms with Gasteiger partial charge in [-0.1, -0.05) is 0 Å². The first-order valence-corrected chi connectivity index (χ1v) is 8.97.